The molecule has 0 amide bonds. The van der Waals surface area contributed by atoms with Crippen LogP contribution in [-0.4, -0.2) is 37.4 Å². The molecule has 0 saturated carbocycles. The molecule has 0 aliphatic rings. The standard InChI is InChI=1S/C11H23NO3/c1-9(4-5-11(13)14)6-7-12-10(2)8-15-3/h9-10,12H,4-8H2,1-3H3,(H,13,14). The molecule has 0 bridgehead atoms. The number of carboxylic acids is 1. The first-order chi connectivity index (χ1) is 7.06. The highest BCUT2D eigenvalue weighted by atomic mass is 16.5. The summed E-state index contributed by atoms with van der Waals surface area (Å²) in [6.45, 7) is 5.80. The van der Waals surface area contributed by atoms with Crippen molar-refractivity contribution in [1.82, 2.24) is 5.32 Å². The number of hydrogen-bond donors (Lipinski definition) is 2. The highest BCUT2D eigenvalue weighted by molar-refractivity contribution is 5.66. The zero-order chi connectivity index (χ0) is 11.7. The zero-order valence-corrected chi connectivity index (χ0v) is 9.95. The van der Waals surface area contributed by atoms with E-state index in [1.165, 1.54) is 0 Å². The van der Waals surface area contributed by atoms with Gasteiger partial charge in [-0.3, -0.25) is 4.79 Å². The van der Waals surface area contributed by atoms with E-state index in [0.717, 1.165) is 19.4 Å². The first-order valence-electron chi connectivity index (χ1n) is 5.50. The lowest BCUT2D eigenvalue weighted by Gasteiger charge is -2.15. The van der Waals surface area contributed by atoms with Crippen LogP contribution in [0.4, 0.5) is 0 Å². The summed E-state index contributed by atoms with van der Waals surface area (Å²) in [5.74, 6) is -0.245. The molecule has 0 saturated heterocycles. The van der Waals surface area contributed by atoms with Crippen molar-refractivity contribution in [1.29, 1.82) is 0 Å². The van der Waals surface area contributed by atoms with Gasteiger partial charge in [-0.15, -0.1) is 0 Å². The smallest absolute Gasteiger partial charge is 0.303 e. The lowest BCUT2D eigenvalue weighted by Crippen LogP contribution is -2.31. The molecule has 0 aromatic carbocycles. The molecule has 0 rings (SSSR count). The summed E-state index contributed by atoms with van der Waals surface area (Å²) in [4.78, 5) is 10.3. The number of nitrogens with one attached hydrogen (secondary N) is 1. The van der Waals surface area contributed by atoms with Gasteiger partial charge in [0, 0.05) is 19.6 Å². The van der Waals surface area contributed by atoms with Crippen LogP contribution in [0.2, 0.25) is 0 Å². The van der Waals surface area contributed by atoms with E-state index in [9.17, 15) is 4.79 Å². The number of carbonyl (C=O) groups is 1. The molecule has 2 atom stereocenters. The van der Waals surface area contributed by atoms with E-state index in [-0.39, 0.29) is 6.42 Å². The van der Waals surface area contributed by atoms with Gasteiger partial charge in [-0.05, 0) is 32.2 Å². The van der Waals surface area contributed by atoms with E-state index < -0.39 is 5.97 Å². The molecule has 0 aliphatic heterocycles. The van der Waals surface area contributed by atoms with E-state index in [4.69, 9.17) is 9.84 Å². The molecule has 4 nitrogen and oxygen atoms in total. The normalized spacial score (nSPS) is 14.9. The summed E-state index contributed by atoms with van der Waals surface area (Å²) in [6.07, 6.45) is 2.05. The van der Waals surface area contributed by atoms with Crippen LogP contribution < -0.4 is 5.32 Å². The monoisotopic (exact) mass is 217 g/mol. The van der Waals surface area contributed by atoms with E-state index in [0.29, 0.717) is 18.6 Å². The second kappa shape index (κ2) is 8.68. The second-order valence-electron chi connectivity index (χ2n) is 4.14. The van der Waals surface area contributed by atoms with E-state index >= 15 is 0 Å². The summed E-state index contributed by atoms with van der Waals surface area (Å²) in [6, 6.07) is 0.363. The molecule has 4 heteroatoms. The van der Waals surface area contributed by atoms with Crippen molar-refractivity contribution in [3.63, 3.8) is 0 Å². The number of ether oxygens (including phenoxy) is 1. The van der Waals surface area contributed by atoms with Crippen LogP contribution in [0.5, 0.6) is 0 Å². The van der Waals surface area contributed by atoms with Crippen LogP contribution in [0.25, 0.3) is 0 Å². The number of aliphatic carboxylic acids is 1. The van der Waals surface area contributed by atoms with Crippen LogP contribution in [0.1, 0.15) is 33.1 Å². The third-order valence-corrected chi connectivity index (χ3v) is 2.40. The Kier molecular flexibility index (Phi) is 8.33. The molecule has 90 valence electrons. The number of hydrogen-bond acceptors (Lipinski definition) is 3. The third kappa shape index (κ3) is 9.69. The van der Waals surface area contributed by atoms with Gasteiger partial charge in [0.25, 0.3) is 0 Å². The van der Waals surface area contributed by atoms with Gasteiger partial charge in [0.2, 0.25) is 0 Å². The number of methoxy groups -OCH3 is 1. The van der Waals surface area contributed by atoms with Gasteiger partial charge in [0.1, 0.15) is 0 Å². The third-order valence-electron chi connectivity index (χ3n) is 2.40. The molecular weight excluding hydrogens is 194 g/mol. The maximum Gasteiger partial charge on any atom is 0.303 e. The van der Waals surface area contributed by atoms with Crippen LogP contribution in [-0.2, 0) is 9.53 Å². The van der Waals surface area contributed by atoms with Gasteiger partial charge in [0.15, 0.2) is 0 Å². The summed E-state index contributed by atoms with van der Waals surface area (Å²) >= 11 is 0. The van der Waals surface area contributed by atoms with Crippen LogP contribution in [0.3, 0.4) is 0 Å². The Morgan fingerprint density at radius 3 is 2.60 bits per heavy atom. The fourth-order valence-corrected chi connectivity index (χ4v) is 1.40. The summed E-state index contributed by atoms with van der Waals surface area (Å²) in [5, 5.41) is 11.8. The minimum absolute atomic E-state index is 0.273. The van der Waals surface area contributed by atoms with E-state index in [1.807, 2.05) is 0 Å². The Bertz CT molecular complexity index is 173. The molecule has 0 radical (unpaired) electrons. The van der Waals surface area contributed by atoms with Crippen LogP contribution in [0.15, 0.2) is 0 Å². The lowest BCUT2D eigenvalue weighted by atomic mass is 10.0. The molecule has 15 heavy (non-hydrogen) atoms. The van der Waals surface area contributed by atoms with Crippen molar-refractivity contribution < 1.29 is 14.6 Å². The van der Waals surface area contributed by atoms with Gasteiger partial charge in [-0.25, -0.2) is 0 Å². The van der Waals surface area contributed by atoms with Crippen molar-refractivity contribution >= 4 is 5.97 Å². The Morgan fingerprint density at radius 2 is 2.07 bits per heavy atom. The van der Waals surface area contributed by atoms with Gasteiger partial charge >= 0.3 is 5.97 Å². The molecule has 0 heterocycles. The average molecular weight is 217 g/mol. The second-order valence-corrected chi connectivity index (χ2v) is 4.14. The molecule has 0 aromatic rings. The minimum Gasteiger partial charge on any atom is -0.481 e. The van der Waals surface area contributed by atoms with Crippen molar-refractivity contribution in [2.75, 3.05) is 20.3 Å². The molecule has 0 aliphatic carbocycles. The van der Waals surface area contributed by atoms with Crippen LogP contribution >= 0.6 is 0 Å². The Balaban J connectivity index is 3.37. The summed E-state index contributed by atoms with van der Waals surface area (Å²) < 4.78 is 5.00. The van der Waals surface area contributed by atoms with Crippen molar-refractivity contribution in [2.45, 2.75) is 39.2 Å². The quantitative estimate of drug-likeness (QED) is 0.614. The average Bonchev–Trinajstić information content (AvgIpc) is 2.15. The molecular formula is C11H23NO3. The van der Waals surface area contributed by atoms with E-state index in [2.05, 4.69) is 19.2 Å². The van der Waals surface area contributed by atoms with Crippen molar-refractivity contribution in [3.05, 3.63) is 0 Å². The highest BCUT2D eigenvalue weighted by Gasteiger charge is 2.06. The number of rotatable bonds is 9. The predicted molar refractivity (Wildman–Crippen MR) is 60.0 cm³/mol. The minimum atomic E-state index is -0.706. The zero-order valence-electron chi connectivity index (χ0n) is 9.95. The summed E-state index contributed by atoms with van der Waals surface area (Å²) in [7, 11) is 1.69. The Labute approximate surface area is 92.0 Å². The van der Waals surface area contributed by atoms with Gasteiger partial charge in [0.05, 0.1) is 6.61 Å². The van der Waals surface area contributed by atoms with Crippen molar-refractivity contribution in [3.8, 4) is 0 Å². The first-order valence-corrected chi connectivity index (χ1v) is 5.50. The largest absolute Gasteiger partial charge is 0.481 e. The molecule has 2 N–H and O–H groups in total. The fraction of sp³-hybridized carbons (Fsp3) is 0.909. The number of carboxylic acid groups (broad SMARTS) is 1. The first kappa shape index (κ1) is 14.4. The SMILES string of the molecule is COCC(C)NCCC(C)CCC(=O)O. The maximum atomic E-state index is 10.3. The Hall–Kier alpha value is -0.610. The molecule has 0 aromatic heterocycles. The topological polar surface area (TPSA) is 58.6 Å². The molecule has 0 spiro atoms. The van der Waals surface area contributed by atoms with Crippen molar-refractivity contribution in [2.24, 2.45) is 5.92 Å². The summed E-state index contributed by atoms with van der Waals surface area (Å²) in [5.41, 5.74) is 0. The fourth-order valence-electron chi connectivity index (χ4n) is 1.40. The van der Waals surface area contributed by atoms with Crippen LogP contribution in [0, 0.1) is 5.92 Å². The predicted octanol–water partition coefficient (Wildman–Crippen LogP) is 1.50. The van der Waals surface area contributed by atoms with Gasteiger partial charge < -0.3 is 15.2 Å². The maximum absolute atomic E-state index is 10.3. The Morgan fingerprint density at radius 1 is 1.40 bits per heavy atom. The van der Waals surface area contributed by atoms with E-state index in [1.54, 1.807) is 7.11 Å². The van der Waals surface area contributed by atoms with Gasteiger partial charge in [-0.1, -0.05) is 6.92 Å². The highest BCUT2D eigenvalue weighted by Crippen LogP contribution is 2.09. The van der Waals surface area contributed by atoms with Gasteiger partial charge in [-0.2, -0.15) is 0 Å². The molecule has 2 unspecified atom stereocenters. The molecule has 0 fully saturated rings. The lowest BCUT2D eigenvalue weighted by molar-refractivity contribution is -0.137.